The summed E-state index contributed by atoms with van der Waals surface area (Å²) in [6, 6.07) is 5.64. The lowest BCUT2D eigenvalue weighted by molar-refractivity contribution is 0.0664. The second-order valence-corrected chi connectivity index (χ2v) is 7.21. The first-order valence-corrected chi connectivity index (χ1v) is 9.21. The normalized spacial score (nSPS) is 20.4. The number of imidazole rings is 1. The number of carbonyl (C=O) groups excluding carboxylic acids is 1. The van der Waals surface area contributed by atoms with E-state index < -0.39 is 0 Å². The number of fused-ring (bicyclic) bond motifs is 3. The summed E-state index contributed by atoms with van der Waals surface area (Å²) in [6.07, 6.45) is 9.86. The molecule has 0 unspecified atom stereocenters. The molecule has 136 valence electrons. The van der Waals surface area contributed by atoms with Gasteiger partial charge in [0.05, 0.1) is 29.0 Å². The van der Waals surface area contributed by atoms with Crippen molar-refractivity contribution in [1.82, 2.24) is 29.2 Å². The number of likely N-dealkylation sites (tertiary alicyclic amines) is 1. The maximum absolute atomic E-state index is 12.9. The second kappa shape index (κ2) is 6.19. The van der Waals surface area contributed by atoms with Crippen LogP contribution in [0.2, 0.25) is 0 Å². The van der Waals surface area contributed by atoms with E-state index in [4.69, 9.17) is 4.98 Å². The molecule has 1 aliphatic rings. The summed E-state index contributed by atoms with van der Waals surface area (Å²) in [6.45, 7) is 3.66. The highest BCUT2D eigenvalue weighted by atomic mass is 16.2. The van der Waals surface area contributed by atoms with Crippen molar-refractivity contribution in [1.29, 1.82) is 0 Å². The highest BCUT2D eigenvalue weighted by molar-refractivity contribution is 5.94. The predicted octanol–water partition coefficient (Wildman–Crippen LogP) is 2.87. The van der Waals surface area contributed by atoms with Crippen LogP contribution in [0.5, 0.6) is 0 Å². The van der Waals surface area contributed by atoms with Crippen LogP contribution in [-0.2, 0) is 0 Å². The van der Waals surface area contributed by atoms with Crippen LogP contribution in [-0.4, -0.2) is 48.2 Å². The fourth-order valence-electron chi connectivity index (χ4n) is 4.02. The number of hydrogen-bond donors (Lipinski definition) is 1. The molecule has 27 heavy (non-hydrogen) atoms. The molecule has 0 aromatic carbocycles. The van der Waals surface area contributed by atoms with E-state index in [0.717, 1.165) is 35.5 Å². The van der Waals surface area contributed by atoms with Crippen molar-refractivity contribution in [2.24, 2.45) is 5.92 Å². The van der Waals surface area contributed by atoms with Gasteiger partial charge in [0, 0.05) is 37.6 Å². The third-order valence-corrected chi connectivity index (χ3v) is 5.57. The molecule has 0 bridgehead atoms. The Kier molecular flexibility index (Phi) is 3.67. The number of aromatic amines is 1. The maximum Gasteiger partial charge on any atom is 0.255 e. The van der Waals surface area contributed by atoms with Crippen molar-refractivity contribution < 1.29 is 4.79 Å². The third-order valence-electron chi connectivity index (χ3n) is 5.57. The summed E-state index contributed by atoms with van der Waals surface area (Å²) < 4.78 is 2.16. The molecule has 0 aliphatic carbocycles. The smallest absolute Gasteiger partial charge is 0.255 e. The fourth-order valence-corrected chi connectivity index (χ4v) is 4.02. The van der Waals surface area contributed by atoms with Gasteiger partial charge in [-0.25, -0.2) is 9.97 Å². The summed E-state index contributed by atoms with van der Waals surface area (Å²) in [5.41, 5.74) is 3.47. The Balaban J connectivity index is 1.53. The molecular weight excluding hydrogens is 340 g/mol. The van der Waals surface area contributed by atoms with Crippen LogP contribution in [0.25, 0.3) is 16.7 Å². The monoisotopic (exact) mass is 360 g/mol. The van der Waals surface area contributed by atoms with Crippen molar-refractivity contribution in [3.8, 4) is 0 Å². The molecule has 0 radical (unpaired) electrons. The average molecular weight is 360 g/mol. The van der Waals surface area contributed by atoms with Gasteiger partial charge in [-0.2, -0.15) is 0 Å². The van der Waals surface area contributed by atoms with E-state index in [1.807, 2.05) is 35.6 Å². The van der Waals surface area contributed by atoms with E-state index in [1.165, 1.54) is 0 Å². The molecule has 1 amide bonds. The van der Waals surface area contributed by atoms with Gasteiger partial charge in [0.2, 0.25) is 0 Å². The number of nitrogens with zero attached hydrogens (tertiary/aromatic N) is 5. The zero-order valence-corrected chi connectivity index (χ0v) is 15.0. The number of H-pyrrole nitrogens is 1. The minimum absolute atomic E-state index is 0.0364. The molecule has 4 aromatic rings. The standard InChI is InChI=1S/C20H20N6O/c1-13-5-8-25(20(27)14-3-2-6-21-9-14)12-16(13)19-24-11-15-10-23-18-17(26(15)19)4-7-22-18/h2-4,6-7,9-11,13,16,22H,5,8,12H2,1H3/t13-,16+/m1/s1. The molecule has 2 atom stereocenters. The Morgan fingerprint density at radius 2 is 2.11 bits per heavy atom. The summed E-state index contributed by atoms with van der Waals surface area (Å²) in [7, 11) is 0. The largest absolute Gasteiger partial charge is 0.345 e. The number of rotatable bonds is 2. The van der Waals surface area contributed by atoms with Crippen LogP contribution < -0.4 is 0 Å². The van der Waals surface area contributed by atoms with Crippen molar-refractivity contribution in [3.05, 3.63) is 60.6 Å². The van der Waals surface area contributed by atoms with E-state index in [0.29, 0.717) is 18.0 Å². The third kappa shape index (κ3) is 2.58. The van der Waals surface area contributed by atoms with E-state index >= 15 is 0 Å². The fraction of sp³-hybridized carbons (Fsp3) is 0.300. The van der Waals surface area contributed by atoms with E-state index in [-0.39, 0.29) is 11.8 Å². The number of carbonyl (C=O) groups is 1. The Hall–Kier alpha value is -3.22. The first-order chi connectivity index (χ1) is 13.2. The van der Waals surface area contributed by atoms with Gasteiger partial charge in [-0.05, 0) is 30.5 Å². The first-order valence-electron chi connectivity index (χ1n) is 9.21. The van der Waals surface area contributed by atoms with Crippen molar-refractivity contribution in [2.45, 2.75) is 19.3 Å². The molecule has 4 aromatic heterocycles. The molecule has 0 saturated carbocycles. The molecule has 5 rings (SSSR count). The van der Waals surface area contributed by atoms with Gasteiger partial charge in [-0.15, -0.1) is 0 Å². The highest BCUT2D eigenvalue weighted by Gasteiger charge is 2.33. The summed E-state index contributed by atoms with van der Waals surface area (Å²) in [5.74, 6) is 1.64. The van der Waals surface area contributed by atoms with Gasteiger partial charge in [-0.1, -0.05) is 6.92 Å². The Morgan fingerprint density at radius 3 is 2.96 bits per heavy atom. The number of amides is 1. The molecule has 7 heteroatoms. The molecule has 7 nitrogen and oxygen atoms in total. The Bertz CT molecular complexity index is 1120. The zero-order chi connectivity index (χ0) is 18.4. The minimum Gasteiger partial charge on any atom is -0.345 e. The van der Waals surface area contributed by atoms with Crippen LogP contribution >= 0.6 is 0 Å². The number of pyridine rings is 1. The van der Waals surface area contributed by atoms with E-state index in [2.05, 4.69) is 26.3 Å². The molecule has 1 aliphatic heterocycles. The Morgan fingerprint density at radius 1 is 1.22 bits per heavy atom. The van der Waals surface area contributed by atoms with Crippen LogP contribution in [0.1, 0.15) is 35.4 Å². The summed E-state index contributed by atoms with van der Waals surface area (Å²) in [4.78, 5) is 31.2. The summed E-state index contributed by atoms with van der Waals surface area (Å²) >= 11 is 0. The van der Waals surface area contributed by atoms with Crippen molar-refractivity contribution in [3.63, 3.8) is 0 Å². The predicted molar refractivity (Wildman–Crippen MR) is 102 cm³/mol. The topological polar surface area (TPSA) is 79.2 Å². The number of aromatic nitrogens is 5. The Labute approximate surface area is 156 Å². The van der Waals surface area contributed by atoms with Crippen LogP contribution in [0.4, 0.5) is 0 Å². The van der Waals surface area contributed by atoms with Gasteiger partial charge in [0.15, 0.2) is 5.65 Å². The maximum atomic E-state index is 12.9. The number of nitrogens with one attached hydrogen (secondary N) is 1. The van der Waals surface area contributed by atoms with E-state index in [1.54, 1.807) is 18.5 Å². The summed E-state index contributed by atoms with van der Waals surface area (Å²) in [5, 5.41) is 0. The highest BCUT2D eigenvalue weighted by Crippen LogP contribution is 2.33. The number of hydrogen-bond acceptors (Lipinski definition) is 4. The van der Waals surface area contributed by atoms with Gasteiger partial charge in [0.25, 0.3) is 5.91 Å². The zero-order valence-electron chi connectivity index (χ0n) is 15.0. The van der Waals surface area contributed by atoms with Crippen LogP contribution in [0, 0.1) is 5.92 Å². The van der Waals surface area contributed by atoms with Gasteiger partial charge >= 0.3 is 0 Å². The van der Waals surface area contributed by atoms with Crippen molar-refractivity contribution in [2.75, 3.05) is 13.1 Å². The van der Waals surface area contributed by atoms with E-state index in [9.17, 15) is 4.79 Å². The SMILES string of the molecule is C[C@@H]1CCN(C(=O)c2cccnc2)C[C@@H]1c1ncc2cnc3[nH]ccc3n12. The molecule has 1 N–H and O–H groups in total. The number of piperidine rings is 1. The molecular formula is C20H20N6O. The lowest BCUT2D eigenvalue weighted by Gasteiger charge is -2.36. The minimum atomic E-state index is 0.0364. The quantitative estimate of drug-likeness (QED) is 0.596. The van der Waals surface area contributed by atoms with Crippen LogP contribution in [0.3, 0.4) is 0 Å². The first kappa shape index (κ1) is 16.0. The van der Waals surface area contributed by atoms with Gasteiger partial charge in [0.1, 0.15) is 5.82 Å². The molecule has 0 spiro atoms. The van der Waals surface area contributed by atoms with Crippen LogP contribution in [0.15, 0.2) is 49.2 Å². The second-order valence-electron chi connectivity index (χ2n) is 7.21. The molecule has 1 saturated heterocycles. The lowest BCUT2D eigenvalue weighted by Crippen LogP contribution is -2.42. The molecule has 1 fully saturated rings. The lowest BCUT2D eigenvalue weighted by atomic mass is 9.86. The van der Waals surface area contributed by atoms with Crippen molar-refractivity contribution >= 4 is 22.6 Å². The van der Waals surface area contributed by atoms with Gasteiger partial charge < -0.3 is 9.88 Å². The molecule has 5 heterocycles. The average Bonchev–Trinajstić information content (AvgIpc) is 3.35. The van der Waals surface area contributed by atoms with Gasteiger partial charge in [-0.3, -0.25) is 14.2 Å².